The minimum Gasteiger partial charge on any atom is -0.497 e. The average molecular weight is 400 g/mol. The maximum atomic E-state index is 9.56. The Morgan fingerprint density at radius 2 is 1.74 bits per heavy atom. The Bertz CT molecular complexity index is 1060. The molecule has 0 aliphatic heterocycles. The van der Waals surface area contributed by atoms with Gasteiger partial charge in [0.05, 0.1) is 30.0 Å². The Kier molecular flexibility index (Phi) is 5.41. The molecule has 0 radical (unpaired) electrons. The third-order valence-electron chi connectivity index (χ3n) is 4.07. The molecule has 0 aliphatic rings. The molecule has 1 heterocycles. The standard InChI is InChI=1S/C20H15Cl2N3O2/c1-26-12-4-6-19(27-2)14(8-12)18-9-13(15(10-23)20(24)25-18)11-3-5-16(21)17(22)7-11/h3-9H,1-2H3,(H2,24,25). The number of methoxy groups -OCH3 is 2. The van der Waals surface area contributed by atoms with Crippen LogP contribution in [0.15, 0.2) is 42.5 Å². The second-order valence-corrected chi connectivity index (χ2v) is 6.44. The van der Waals surface area contributed by atoms with Crippen LogP contribution in [0.3, 0.4) is 0 Å². The molecule has 3 aromatic rings. The van der Waals surface area contributed by atoms with Gasteiger partial charge in [-0.25, -0.2) is 4.98 Å². The van der Waals surface area contributed by atoms with Gasteiger partial charge in [0, 0.05) is 11.1 Å². The quantitative estimate of drug-likeness (QED) is 0.652. The van der Waals surface area contributed by atoms with E-state index in [2.05, 4.69) is 11.1 Å². The number of anilines is 1. The number of nitrogens with zero attached hydrogens (tertiary/aromatic N) is 2. The summed E-state index contributed by atoms with van der Waals surface area (Å²) >= 11 is 12.2. The first kappa shape index (κ1) is 18.8. The number of hydrogen-bond donors (Lipinski definition) is 1. The summed E-state index contributed by atoms with van der Waals surface area (Å²) in [6.45, 7) is 0. The van der Waals surface area contributed by atoms with Crippen molar-refractivity contribution in [2.24, 2.45) is 0 Å². The fourth-order valence-corrected chi connectivity index (χ4v) is 3.02. The van der Waals surface area contributed by atoms with Crippen molar-refractivity contribution >= 4 is 29.0 Å². The highest BCUT2D eigenvalue weighted by Gasteiger charge is 2.17. The van der Waals surface area contributed by atoms with Crippen LogP contribution in [0.2, 0.25) is 10.0 Å². The molecule has 1 aromatic heterocycles. The average Bonchev–Trinajstić information content (AvgIpc) is 2.68. The van der Waals surface area contributed by atoms with Gasteiger partial charge in [0.15, 0.2) is 0 Å². The van der Waals surface area contributed by atoms with Gasteiger partial charge < -0.3 is 15.2 Å². The lowest BCUT2D eigenvalue weighted by molar-refractivity contribution is 0.404. The number of pyridine rings is 1. The van der Waals surface area contributed by atoms with Crippen molar-refractivity contribution < 1.29 is 9.47 Å². The van der Waals surface area contributed by atoms with E-state index in [9.17, 15) is 5.26 Å². The zero-order valence-electron chi connectivity index (χ0n) is 14.6. The molecule has 0 bridgehead atoms. The first-order valence-corrected chi connectivity index (χ1v) is 8.62. The van der Waals surface area contributed by atoms with Gasteiger partial charge in [-0.05, 0) is 42.0 Å². The molecule has 0 saturated carbocycles. The van der Waals surface area contributed by atoms with Gasteiger partial charge in [-0.2, -0.15) is 5.26 Å². The molecule has 5 nitrogen and oxygen atoms in total. The summed E-state index contributed by atoms with van der Waals surface area (Å²) in [5.41, 5.74) is 8.88. The van der Waals surface area contributed by atoms with Crippen molar-refractivity contribution in [3.05, 3.63) is 58.1 Å². The van der Waals surface area contributed by atoms with E-state index < -0.39 is 0 Å². The monoisotopic (exact) mass is 399 g/mol. The van der Waals surface area contributed by atoms with E-state index >= 15 is 0 Å². The number of aromatic nitrogens is 1. The second-order valence-electron chi connectivity index (χ2n) is 5.62. The third kappa shape index (κ3) is 3.63. The Hall–Kier alpha value is -2.94. The topological polar surface area (TPSA) is 81.2 Å². The van der Waals surface area contributed by atoms with Crippen molar-refractivity contribution in [3.8, 4) is 40.0 Å². The highest BCUT2D eigenvalue weighted by Crippen LogP contribution is 2.38. The molecule has 0 spiro atoms. The van der Waals surface area contributed by atoms with E-state index in [-0.39, 0.29) is 11.4 Å². The maximum Gasteiger partial charge on any atom is 0.142 e. The Balaban J connectivity index is 2.27. The number of nitrogen functional groups attached to an aromatic ring is 1. The highest BCUT2D eigenvalue weighted by molar-refractivity contribution is 6.42. The first-order valence-electron chi connectivity index (χ1n) is 7.87. The molecular weight excluding hydrogens is 385 g/mol. The van der Waals surface area contributed by atoms with Crippen LogP contribution < -0.4 is 15.2 Å². The lowest BCUT2D eigenvalue weighted by Gasteiger charge is -2.14. The summed E-state index contributed by atoms with van der Waals surface area (Å²) in [6, 6.07) is 14.4. The Labute approximate surface area is 166 Å². The molecule has 2 aromatic carbocycles. The van der Waals surface area contributed by atoms with E-state index in [1.165, 1.54) is 0 Å². The number of hydrogen-bond acceptors (Lipinski definition) is 5. The minimum atomic E-state index is 0.112. The third-order valence-corrected chi connectivity index (χ3v) is 4.81. The number of nitriles is 1. The zero-order chi connectivity index (χ0) is 19.6. The molecule has 0 atom stereocenters. The van der Waals surface area contributed by atoms with Crippen LogP contribution >= 0.6 is 23.2 Å². The summed E-state index contributed by atoms with van der Waals surface area (Å²) < 4.78 is 10.7. The molecule has 0 unspecified atom stereocenters. The zero-order valence-corrected chi connectivity index (χ0v) is 16.1. The van der Waals surface area contributed by atoms with Crippen molar-refractivity contribution in [3.63, 3.8) is 0 Å². The predicted octanol–water partition coefficient (Wildman–Crippen LogP) is 5.19. The smallest absolute Gasteiger partial charge is 0.142 e. The molecule has 27 heavy (non-hydrogen) atoms. The van der Waals surface area contributed by atoms with Crippen molar-refractivity contribution in [1.29, 1.82) is 5.26 Å². The van der Waals surface area contributed by atoms with E-state index in [0.29, 0.717) is 43.9 Å². The van der Waals surface area contributed by atoms with E-state index in [0.717, 1.165) is 0 Å². The summed E-state index contributed by atoms with van der Waals surface area (Å²) in [5, 5.41) is 10.4. The lowest BCUT2D eigenvalue weighted by atomic mass is 9.98. The SMILES string of the molecule is COc1ccc(OC)c(-c2cc(-c3ccc(Cl)c(Cl)c3)c(C#N)c(N)n2)c1. The number of halogens is 2. The number of rotatable bonds is 4. The highest BCUT2D eigenvalue weighted by atomic mass is 35.5. The summed E-state index contributed by atoms with van der Waals surface area (Å²) in [5.74, 6) is 1.36. The molecule has 3 rings (SSSR count). The van der Waals surface area contributed by atoms with Gasteiger partial charge in [-0.3, -0.25) is 0 Å². The molecule has 2 N–H and O–H groups in total. The van der Waals surface area contributed by atoms with Crippen LogP contribution in [0.4, 0.5) is 5.82 Å². The van der Waals surface area contributed by atoms with Gasteiger partial charge in [0.25, 0.3) is 0 Å². The van der Waals surface area contributed by atoms with Crippen LogP contribution in [0, 0.1) is 11.3 Å². The largest absolute Gasteiger partial charge is 0.497 e. The van der Waals surface area contributed by atoms with Crippen molar-refractivity contribution in [2.45, 2.75) is 0 Å². The molecule has 7 heteroatoms. The number of benzene rings is 2. The molecule has 0 amide bonds. The summed E-state index contributed by atoms with van der Waals surface area (Å²) in [4.78, 5) is 4.39. The Morgan fingerprint density at radius 1 is 0.963 bits per heavy atom. The summed E-state index contributed by atoms with van der Waals surface area (Å²) in [6.07, 6.45) is 0. The molecule has 0 aliphatic carbocycles. The second kappa shape index (κ2) is 7.75. The maximum absolute atomic E-state index is 9.56. The first-order chi connectivity index (χ1) is 13.0. The van der Waals surface area contributed by atoms with Gasteiger partial charge in [0.2, 0.25) is 0 Å². The Morgan fingerprint density at radius 3 is 2.37 bits per heavy atom. The van der Waals surface area contributed by atoms with E-state index in [4.69, 9.17) is 38.4 Å². The fraction of sp³-hybridized carbons (Fsp3) is 0.100. The van der Waals surface area contributed by atoms with Crippen LogP contribution in [-0.2, 0) is 0 Å². The van der Waals surface area contributed by atoms with Gasteiger partial charge in [0.1, 0.15) is 28.9 Å². The predicted molar refractivity (Wildman–Crippen MR) is 107 cm³/mol. The summed E-state index contributed by atoms with van der Waals surface area (Å²) in [7, 11) is 3.14. The van der Waals surface area contributed by atoms with E-state index in [1.807, 2.05) is 0 Å². The normalized spacial score (nSPS) is 10.3. The van der Waals surface area contributed by atoms with Crippen molar-refractivity contribution in [2.75, 3.05) is 20.0 Å². The van der Waals surface area contributed by atoms with Crippen molar-refractivity contribution in [1.82, 2.24) is 4.98 Å². The van der Waals surface area contributed by atoms with E-state index in [1.54, 1.807) is 56.7 Å². The lowest BCUT2D eigenvalue weighted by Crippen LogP contribution is -2.01. The molecule has 136 valence electrons. The molecule has 0 saturated heterocycles. The minimum absolute atomic E-state index is 0.112. The number of ether oxygens (including phenoxy) is 2. The van der Waals surface area contributed by atoms with Crippen LogP contribution in [0.25, 0.3) is 22.4 Å². The van der Waals surface area contributed by atoms with Crippen LogP contribution in [0.5, 0.6) is 11.5 Å². The van der Waals surface area contributed by atoms with Gasteiger partial charge >= 0.3 is 0 Å². The fourth-order valence-electron chi connectivity index (χ4n) is 2.73. The van der Waals surface area contributed by atoms with Crippen LogP contribution in [-0.4, -0.2) is 19.2 Å². The molecule has 0 fully saturated rings. The van der Waals surface area contributed by atoms with Gasteiger partial charge in [-0.15, -0.1) is 0 Å². The van der Waals surface area contributed by atoms with Crippen LogP contribution in [0.1, 0.15) is 5.56 Å². The number of nitrogens with two attached hydrogens (primary N) is 1. The van der Waals surface area contributed by atoms with Gasteiger partial charge in [-0.1, -0.05) is 29.3 Å². The molecular formula is C20H15Cl2N3O2.